The Balaban J connectivity index is 2.38. The van der Waals surface area contributed by atoms with E-state index in [4.69, 9.17) is 14.2 Å². The fourth-order valence-corrected chi connectivity index (χ4v) is 2.20. The van der Waals surface area contributed by atoms with Crippen molar-refractivity contribution >= 4 is 12.1 Å². The highest BCUT2D eigenvalue weighted by atomic mass is 17.5. The summed E-state index contributed by atoms with van der Waals surface area (Å²) in [6, 6.07) is 4.39. The van der Waals surface area contributed by atoms with Gasteiger partial charge in [-0.3, -0.25) is 4.89 Å². The molecule has 0 aromatic heterocycles. The fraction of sp³-hybridized carbons (Fsp3) is 0.556. The number of carbonyl (C=O) groups excluding carboxylic acids is 2. The molecule has 8 nitrogen and oxygen atoms in total. The maximum atomic E-state index is 11.8. The third-order valence-corrected chi connectivity index (χ3v) is 3.81. The number of unbranched alkanes of at least 4 members (excludes halogenated alkanes) is 1. The van der Waals surface area contributed by atoms with Gasteiger partial charge in [0, 0.05) is 0 Å². The van der Waals surface area contributed by atoms with Crippen LogP contribution in [-0.2, 0) is 19.6 Å². The molecule has 26 heavy (non-hydrogen) atoms. The first-order valence-corrected chi connectivity index (χ1v) is 8.49. The van der Waals surface area contributed by atoms with Gasteiger partial charge in [0.15, 0.2) is 11.5 Å². The van der Waals surface area contributed by atoms with Gasteiger partial charge in [0.2, 0.25) is 0 Å². The highest BCUT2D eigenvalue weighted by molar-refractivity contribution is 5.89. The molecule has 0 saturated heterocycles. The zero-order valence-corrected chi connectivity index (χ0v) is 15.6. The van der Waals surface area contributed by atoms with Gasteiger partial charge in [-0.25, -0.2) is 14.5 Å². The second kappa shape index (κ2) is 12.0. The van der Waals surface area contributed by atoms with Crippen LogP contribution in [0, 0.1) is 5.92 Å². The average molecular weight is 370 g/mol. The Morgan fingerprint density at radius 1 is 1.04 bits per heavy atom. The van der Waals surface area contributed by atoms with Crippen LogP contribution in [-0.4, -0.2) is 33.0 Å². The summed E-state index contributed by atoms with van der Waals surface area (Å²) in [5.74, 6) is 0.197. The highest BCUT2D eigenvalue weighted by Gasteiger charge is 2.16. The number of carbonyl (C=O) groups is 2. The molecule has 0 aliphatic carbocycles. The third-order valence-electron chi connectivity index (χ3n) is 3.81. The molecule has 1 aromatic rings. The minimum Gasteiger partial charge on any atom is -0.493 e. The molecule has 0 spiro atoms. The smallest absolute Gasteiger partial charge is 0.493 e. The van der Waals surface area contributed by atoms with Crippen LogP contribution in [0.2, 0.25) is 0 Å². The standard InChI is InChI=1S/C18H26O8/c1-5-7-8-13(6-2)12-23-18(20)25-26-24-17(19)14-9-10-15(21-3)16(11-14)22-4/h9-11,13H,5-8,12H2,1-4H3. The van der Waals surface area contributed by atoms with Crippen molar-refractivity contribution < 1.29 is 38.6 Å². The normalized spacial score (nSPS) is 11.4. The Morgan fingerprint density at radius 3 is 2.38 bits per heavy atom. The summed E-state index contributed by atoms with van der Waals surface area (Å²) in [5.41, 5.74) is 0.130. The molecule has 0 saturated carbocycles. The van der Waals surface area contributed by atoms with Crippen molar-refractivity contribution in [3.8, 4) is 11.5 Å². The molecule has 1 unspecified atom stereocenters. The van der Waals surface area contributed by atoms with E-state index >= 15 is 0 Å². The molecule has 146 valence electrons. The van der Waals surface area contributed by atoms with Crippen LogP contribution < -0.4 is 9.47 Å². The Labute approximate surface area is 153 Å². The van der Waals surface area contributed by atoms with Crippen molar-refractivity contribution in [1.82, 2.24) is 0 Å². The van der Waals surface area contributed by atoms with Gasteiger partial charge in [-0.05, 0) is 30.5 Å². The minimum absolute atomic E-state index is 0.130. The molecule has 1 atom stereocenters. The Morgan fingerprint density at radius 2 is 1.77 bits per heavy atom. The van der Waals surface area contributed by atoms with Crippen LogP contribution in [0.1, 0.15) is 49.9 Å². The Bertz CT molecular complexity index is 572. The van der Waals surface area contributed by atoms with Gasteiger partial charge in [-0.15, -0.1) is 0 Å². The van der Waals surface area contributed by atoms with E-state index in [2.05, 4.69) is 21.7 Å². The van der Waals surface area contributed by atoms with Crippen LogP contribution in [0.4, 0.5) is 4.79 Å². The second-order valence-corrected chi connectivity index (χ2v) is 5.57. The lowest BCUT2D eigenvalue weighted by molar-refractivity contribution is -0.452. The van der Waals surface area contributed by atoms with E-state index in [1.165, 1.54) is 32.4 Å². The summed E-state index contributed by atoms with van der Waals surface area (Å²) >= 11 is 0. The molecule has 8 heteroatoms. The summed E-state index contributed by atoms with van der Waals surface area (Å²) in [6.07, 6.45) is 2.93. The zero-order chi connectivity index (χ0) is 19.4. The van der Waals surface area contributed by atoms with Crippen LogP contribution in [0.5, 0.6) is 11.5 Å². The quantitative estimate of drug-likeness (QED) is 0.327. The van der Waals surface area contributed by atoms with Crippen molar-refractivity contribution in [3.05, 3.63) is 23.8 Å². The van der Waals surface area contributed by atoms with E-state index in [1.807, 2.05) is 6.92 Å². The molecule has 0 aliphatic rings. The number of benzene rings is 1. The molecule has 0 fully saturated rings. The molecule has 0 N–H and O–H groups in total. The predicted molar refractivity (Wildman–Crippen MR) is 91.8 cm³/mol. The maximum absolute atomic E-state index is 11.8. The summed E-state index contributed by atoms with van der Waals surface area (Å²) in [4.78, 5) is 32.0. The maximum Gasteiger partial charge on any atom is 0.543 e. The van der Waals surface area contributed by atoms with Crippen LogP contribution in [0.15, 0.2) is 18.2 Å². The Hall–Kier alpha value is -2.48. The SMILES string of the molecule is CCCCC(CC)COC(=O)OOOC(=O)c1ccc(OC)c(OC)c1. The lowest BCUT2D eigenvalue weighted by atomic mass is 10.0. The number of methoxy groups -OCH3 is 2. The first-order chi connectivity index (χ1) is 12.5. The van der Waals surface area contributed by atoms with Crippen molar-refractivity contribution in [2.45, 2.75) is 39.5 Å². The van der Waals surface area contributed by atoms with Gasteiger partial charge in [0.25, 0.3) is 0 Å². The lowest BCUT2D eigenvalue weighted by Crippen LogP contribution is -2.16. The molecule has 0 aliphatic heterocycles. The zero-order valence-electron chi connectivity index (χ0n) is 15.6. The first kappa shape index (κ1) is 21.6. The number of ether oxygens (including phenoxy) is 3. The molecule has 0 bridgehead atoms. The first-order valence-electron chi connectivity index (χ1n) is 8.49. The van der Waals surface area contributed by atoms with Gasteiger partial charge < -0.3 is 14.2 Å². The van der Waals surface area contributed by atoms with Crippen LogP contribution >= 0.6 is 0 Å². The predicted octanol–water partition coefficient (Wildman–Crippen LogP) is 4.08. The van der Waals surface area contributed by atoms with E-state index in [-0.39, 0.29) is 18.1 Å². The number of rotatable bonds is 11. The molecule has 0 amide bonds. The van der Waals surface area contributed by atoms with Gasteiger partial charge in [0.1, 0.15) is 0 Å². The number of hydrogen-bond acceptors (Lipinski definition) is 8. The van der Waals surface area contributed by atoms with Crippen molar-refractivity contribution in [2.24, 2.45) is 5.92 Å². The van der Waals surface area contributed by atoms with Gasteiger partial charge in [-0.2, -0.15) is 0 Å². The summed E-state index contributed by atoms with van der Waals surface area (Å²) < 4.78 is 15.1. The molecule has 0 heterocycles. The summed E-state index contributed by atoms with van der Waals surface area (Å²) in [6.45, 7) is 4.35. The van der Waals surface area contributed by atoms with E-state index in [0.29, 0.717) is 11.5 Å². The number of hydrogen-bond donors (Lipinski definition) is 0. The van der Waals surface area contributed by atoms with Gasteiger partial charge in [-0.1, -0.05) is 33.1 Å². The highest BCUT2D eigenvalue weighted by Crippen LogP contribution is 2.27. The monoisotopic (exact) mass is 370 g/mol. The minimum atomic E-state index is -1.07. The lowest BCUT2D eigenvalue weighted by Gasteiger charge is -2.13. The molecular formula is C18H26O8. The fourth-order valence-electron chi connectivity index (χ4n) is 2.20. The van der Waals surface area contributed by atoms with E-state index < -0.39 is 12.1 Å². The van der Waals surface area contributed by atoms with Crippen molar-refractivity contribution in [1.29, 1.82) is 0 Å². The van der Waals surface area contributed by atoms with Gasteiger partial charge >= 0.3 is 12.1 Å². The van der Waals surface area contributed by atoms with Crippen molar-refractivity contribution in [3.63, 3.8) is 0 Å². The molecule has 0 radical (unpaired) electrons. The van der Waals surface area contributed by atoms with E-state index in [0.717, 1.165) is 25.7 Å². The topological polar surface area (TPSA) is 89.5 Å². The molecular weight excluding hydrogens is 344 g/mol. The van der Waals surface area contributed by atoms with Crippen LogP contribution in [0.25, 0.3) is 0 Å². The summed E-state index contributed by atoms with van der Waals surface area (Å²) in [5, 5.41) is 4.19. The van der Waals surface area contributed by atoms with Crippen LogP contribution in [0.3, 0.4) is 0 Å². The third kappa shape index (κ3) is 7.18. The molecule has 1 aromatic carbocycles. The average Bonchev–Trinajstić information content (AvgIpc) is 2.67. The van der Waals surface area contributed by atoms with Gasteiger partial charge in [0.05, 0.1) is 31.4 Å². The second-order valence-electron chi connectivity index (χ2n) is 5.57. The Kier molecular flexibility index (Phi) is 9.93. The van der Waals surface area contributed by atoms with E-state index in [9.17, 15) is 9.59 Å². The van der Waals surface area contributed by atoms with E-state index in [1.54, 1.807) is 0 Å². The molecule has 1 rings (SSSR count). The largest absolute Gasteiger partial charge is 0.543 e. The van der Waals surface area contributed by atoms with Crippen molar-refractivity contribution in [2.75, 3.05) is 20.8 Å². The summed E-state index contributed by atoms with van der Waals surface area (Å²) in [7, 11) is 2.91.